The SMILES string of the molecule is CCCCCCC[N+](C)(C)CBr.[Br-]. The Morgan fingerprint density at radius 2 is 1.54 bits per heavy atom. The van der Waals surface area contributed by atoms with Crippen LogP contribution in [0.2, 0.25) is 0 Å². The first kappa shape index (κ1) is 16.4. The number of alkyl halides is 1. The van der Waals surface area contributed by atoms with Crippen LogP contribution >= 0.6 is 15.9 Å². The lowest BCUT2D eigenvalue weighted by Gasteiger charge is -2.26. The predicted molar refractivity (Wildman–Crippen MR) is 59.5 cm³/mol. The molecule has 0 aromatic rings. The number of hydrogen-bond donors (Lipinski definition) is 0. The maximum absolute atomic E-state index is 3.53. The second kappa shape index (κ2) is 9.47. The first-order valence-corrected chi connectivity index (χ1v) is 6.12. The van der Waals surface area contributed by atoms with Crippen molar-refractivity contribution in [2.24, 2.45) is 0 Å². The zero-order chi connectivity index (χ0) is 9.45. The van der Waals surface area contributed by atoms with Gasteiger partial charge in [-0.25, -0.2) is 0 Å². The monoisotopic (exact) mass is 315 g/mol. The second-order valence-electron chi connectivity index (χ2n) is 4.19. The number of nitrogens with zero attached hydrogens (tertiary/aromatic N) is 1. The van der Waals surface area contributed by atoms with Gasteiger partial charge in [0.1, 0.15) is 5.45 Å². The molecule has 3 heteroatoms. The predicted octanol–water partition coefficient (Wildman–Crippen LogP) is 0.390. The summed E-state index contributed by atoms with van der Waals surface area (Å²) in [5.41, 5.74) is 1.07. The van der Waals surface area contributed by atoms with Gasteiger partial charge < -0.3 is 21.5 Å². The normalized spacial score (nSPS) is 11.1. The maximum atomic E-state index is 3.53. The van der Waals surface area contributed by atoms with E-state index in [1.54, 1.807) is 0 Å². The largest absolute Gasteiger partial charge is 1.00 e. The molecule has 0 heterocycles. The van der Waals surface area contributed by atoms with Gasteiger partial charge in [0.15, 0.2) is 0 Å². The van der Waals surface area contributed by atoms with Crippen LogP contribution in [0.25, 0.3) is 0 Å². The molecule has 0 saturated heterocycles. The molecule has 0 aromatic carbocycles. The molecule has 0 N–H and O–H groups in total. The van der Waals surface area contributed by atoms with Gasteiger partial charge in [-0.1, -0.05) is 26.2 Å². The third-order valence-corrected chi connectivity index (χ3v) is 3.55. The Hall–Kier alpha value is 0.920. The number of hydrogen-bond acceptors (Lipinski definition) is 0. The second-order valence-corrected chi connectivity index (χ2v) is 4.69. The van der Waals surface area contributed by atoms with E-state index < -0.39 is 0 Å². The molecular weight excluding hydrogens is 294 g/mol. The van der Waals surface area contributed by atoms with Crippen molar-refractivity contribution in [1.29, 1.82) is 0 Å². The van der Waals surface area contributed by atoms with E-state index >= 15 is 0 Å². The van der Waals surface area contributed by atoms with Crippen molar-refractivity contribution in [2.75, 3.05) is 26.1 Å². The Kier molecular flexibility index (Phi) is 11.9. The van der Waals surface area contributed by atoms with Gasteiger partial charge in [-0.15, -0.1) is 0 Å². The van der Waals surface area contributed by atoms with E-state index in [-0.39, 0.29) is 17.0 Å². The van der Waals surface area contributed by atoms with Crippen molar-refractivity contribution in [1.82, 2.24) is 0 Å². The number of unbranched alkanes of at least 4 members (excludes halogenated alkanes) is 4. The molecule has 0 radical (unpaired) electrons. The average Bonchev–Trinajstić information content (AvgIpc) is 2.04. The fourth-order valence-corrected chi connectivity index (χ4v) is 1.45. The van der Waals surface area contributed by atoms with E-state index in [0.717, 1.165) is 9.94 Å². The topological polar surface area (TPSA) is 0 Å². The quantitative estimate of drug-likeness (QED) is 0.276. The summed E-state index contributed by atoms with van der Waals surface area (Å²) in [6.45, 7) is 3.56. The molecule has 0 bridgehead atoms. The van der Waals surface area contributed by atoms with E-state index in [9.17, 15) is 0 Å². The third-order valence-electron chi connectivity index (χ3n) is 2.19. The molecule has 0 amide bonds. The fourth-order valence-electron chi connectivity index (χ4n) is 1.20. The summed E-state index contributed by atoms with van der Waals surface area (Å²) in [5, 5.41) is 0. The van der Waals surface area contributed by atoms with Crippen molar-refractivity contribution >= 4 is 15.9 Å². The molecule has 0 aliphatic rings. The molecule has 0 aromatic heterocycles. The Morgan fingerprint density at radius 3 is 2.00 bits per heavy atom. The van der Waals surface area contributed by atoms with Crippen LogP contribution in [0.4, 0.5) is 0 Å². The van der Waals surface area contributed by atoms with Crippen LogP contribution in [0, 0.1) is 0 Å². The molecule has 1 nitrogen and oxygen atoms in total. The molecule has 0 spiro atoms. The van der Waals surface area contributed by atoms with Crippen LogP contribution in [0.15, 0.2) is 0 Å². The van der Waals surface area contributed by atoms with Crippen molar-refractivity contribution in [3.05, 3.63) is 0 Å². The van der Waals surface area contributed by atoms with Gasteiger partial charge in [0.25, 0.3) is 0 Å². The molecule has 0 rings (SSSR count). The first-order valence-electron chi connectivity index (χ1n) is 5.00. The van der Waals surface area contributed by atoms with E-state index in [0.29, 0.717) is 0 Å². The van der Waals surface area contributed by atoms with Gasteiger partial charge in [-0.05, 0) is 28.8 Å². The minimum Gasteiger partial charge on any atom is -1.00 e. The fraction of sp³-hybridized carbons (Fsp3) is 1.00. The van der Waals surface area contributed by atoms with Crippen molar-refractivity contribution in [3.8, 4) is 0 Å². The van der Waals surface area contributed by atoms with Gasteiger partial charge in [0, 0.05) is 0 Å². The first-order chi connectivity index (χ1) is 5.62. The van der Waals surface area contributed by atoms with Crippen molar-refractivity contribution in [2.45, 2.75) is 39.0 Å². The summed E-state index contributed by atoms with van der Waals surface area (Å²) in [7, 11) is 4.54. The van der Waals surface area contributed by atoms with Crippen LogP contribution in [-0.2, 0) is 0 Å². The molecule has 0 aliphatic heterocycles. The Labute approximate surface area is 102 Å². The lowest BCUT2D eigenvalue weighted by molar-refractivity contribution is -0.876. The van der Waals surface area contributed by atoms with Gasteiger partial charge >= 0.3 is 0 Å². The zero-order valence-electron chi connectivity index (χ0n) is 9.15. The summed E-state index contributed by atoms with van der Waals surface area (Å²) in [4.78, 5) is 0. The van der Waals surface area contributed by atoms with Crippen molar-refractivity contribution < 1.29 is 21.5 Å². The highest BCUT2D eigenvalue weighted by molar-refractivity contribution is 9.09. The highest BCUT2D eigenvalue weighted by atomic mass is 79.9. The van der Waals surface area contributed by atoms with Crippen LogP contribution in [0.1, 0.15) is 39.0 Å². The molecule has 0 atom stereocenters. The maximum Gasteiger partial charge on any atom is 0.133 e. The van der Waals surface area contributed by atoms with Crippen LogP contribution in [0.5, 0.6) is 0 Å². The molecule has 0 unspecified atom stereocenters. The minimum atomic E-state index is 0. The molecule has 0 fully saturated rings. The molecule has 82 valence electrons. The summed E-state index contributed by atoms with van der Waals surface area (Å²) < 4.78 is 1.10. The Bertz CT molecular complexity index is 105. The molecule has 0 saturated carbocycles. The Balaban J connectivity index is 0. The van der Waals surface area contributed by atoms with Crippen LogP contribution in [-0.4, -0.2) is 30.6 Å². The molecular formula is C10H23Br2N. The van der Waals surface area contributed by atoms with E-state index in [1.165, 1.54) is 38.6 Å². The summed E-state index contributed by atoms with van der Waals surface area (Å²) in [6, 6.07) is 0. The summed E-state index contributed by atoms with van der Waals surface area (Å²) >= 11 is 3.53. The lowest BCUT2D eigenvalue weighted by Crippen LogP contribution is -3.00. The van der Waals surface area contributed by atoms with Gasteiger partial charge in [-0.2, -0.15) is 0 Å². The minimum absolute atomic E-state index is 0. The zero-order valence-corrected chi connectivity index (χ0v) is 12.3. The van der Waals surface area contributed by atoms with Crippen molar-refractivity contribution in [3.63, 3.8) is 0 Å². The standard InChI is InChI=1S/C10H23BrN.BrH/c1-4-5-6-7-8-9-12(2,3)10-11;/h4-10H2,1-3H3;1H/q+1;/p-1. The Morgan fingerprint density at radius 1 is 1.00 bits per heavy atom. The smallest absolute Gasteiger partial charge is 0.133 e. The highest BCUT2D eigenvalue weighted by Crippen LogP contribution is 2.07. The third kappa shape index (κ3) is 10.8. The summed E-state index contributed by atoms with van der Waals surface area (Å²) in [6.07, 6.45) is 6.94. The van der Waals surface area contributed by atoms with Gasteiger partial charge in [0.05, 0.1) is 20.6 Å². The summed E-state index contributed by atoms with van der Waals surface area (Å²) in [5.74, 6) is 0. The number of rotatable bonds is 7. The van der Waals surface area contributed by atoms with E-state index in [2.05, 4.69) is 36.9 Å². The molecule has 13 heavy (non-hydrogen) atoms. The number of quaternary nitrogens is 1. The average molecular weight is 317 g/mol. The lowest BCUT2D eigenvalue weighted by atomic mass is 10.1. The van der Waals surface area contributed by atoms with E-state index in [4.69, 9.17) is 0 Å². The van der Waals surface area contributed by atoms with Crippen LogP contribution in [0.3, 0.4) is 0 Å². The van der Waals surface area contributed by atoms with Gasteiger partial charge in [0.2, 0.25) is 0 Å². The molecule has 0 aliphatic carbocycles. The van der Waals surface area contributed by atoms with Gasteiger partial charge in [-0.3, -0.25) is 0 Å². The number of halogens is 2. The highest BCUT2D eigenvalue weighted by Gasteiger charge is 2.10. The van der Waals surface area contributed by atoms with E-state index in [1.807, 2.05) is 0 Å². The van der Waals surface area contributed by atoms with Crippen LogP contribution < -0.4 is 17.0 Å².